The average Bonchev–Trinajstić information content (AvgIpc) is 2.05. The minimum absolute atomic E-state index is 0. The summed E-state index contributed by atoms with van der Waals surface area (Å²) in [4.78, 5) is 0. The molecule has 0 unspecified atom stereocenters. The van der Waals surface area contributed by atoms with Crippen molar-refractivity contribution in [2.75, 3.05) is 0 Å². The zero-order chi connectivity index (χ0) is 8.97. The molecule has 70 valence electrons. The zero-order valence-electron chi connectivity index (χ0n) is 6.90. The van der Waals surface area contributed by atoms with Gasteiger partial charge in [0, 0.05) is 10.5 Å². The molecule has 0 aliphatic rings. The van der Waals surface area contributed by atoms with E-state index in [1.807, 2.05) is 30.3 Å². The first-order valence-electron chi connectivity index (χ1n) is 3.62. The Morgan fingerprint density at radius 1 is 1.46 bits per heavy atom. The van der Waals surface area contributed by atoms with Crippen molar-refractivity contribution in [3.05, 3.63) is 34.3 Å². The minimum Gasteiger partial charge on any atom is -0.323 e. The Bertz CT molecular complexity index is 309. The lowest BCUT2D eigenvalue weighted by Crippen LogP contribution is -2.09. The number of hydrogen-bond acceptors (Lipinski definition) is 2. The molecular weight excluding hydrogens is 251 g/mol. The van der Waals surface area contributed by atoms with Crippen LogP contribution < -0.4 is 5.73 Å². The van der Waals surface area contributed by atoms with E-state index in [9.17, 15) is 0 Å². The summed E-state index contributed by atoms with van der Waals surface area (Å²) in [5, 5.41) is 8.44. The molecule has 1 atom stereocenters. The molecule has 0 saturated carbocycles. The van der Waals surface area contributed by atoms with Crippen LogP contribution in [0.25, 0.3) is 0 Å². The number of hydrogen-bond donors (Lipinski definition) is 1. The maximum atomic E-state index is 8.44. The summed E-state index contributed by atoms with van der Waals surface area (Å²) < 4.78 is 0.966. The molecule has 1 rings (SSSR count). The SMILES string of the molecule is Cl.N#CC[C@H](N)c1ccccc1Br. The number of halogens is 2. The van der Waals surface area contributed by atoms with Gasteiger partial charge in [0.15, 0.2) is 0 Å². The van der Waals surface area contributed by atoms with Gasteiger partial charge < -0.3 is 5.73 Å². The van der Waals surface area contributed by atoms with Crippen LogP contribution in [0.3, 0.4) is 0 Å². The Morgan fingerprint density at radius 2 is 2.08 bits per heavy atom. The predicted octanol–water partition coefficient (Wildman–Crippen LogP) is 2.78. The van der Waals surface area contributed by atoms with E-state index in [1.54, 1.807) is 0 Å². The molecule has 0 amide bonds. The van der Waals surface area contributed by atoms with Crippen molar-refractivity contribution >= 4 is 28.3 Å². The lowest BCUT2D eigenvalue weighted by atomic mass is 10.1. The van der Waals surface area contributed by atoms with Crippen molar-refractivity contribution in [3.63, 3.8) is 0 Å². The Balaban J connectivity index is 0.00000144. The maximum absolute atomic E-state index is 8.44. The maximum Gasteiger partial charge on any atom is 0.0641 e. The van der Waals surface area contributed by atoms with Crippen molar-refractivity contribution in [1.29, 1.82) is 5.26 Å². The van der Waals surface area contributed by atoms with Gasteiger partial charge >= 0.3 is 0 Å². The second-order valence-electron chi connectivity index (χ2n) is 2.49. The van der Waals surface area contributed by atoms with Gasteiger partial charge in [0.05, 0.1) is 12.5 Å². The molecule has 0 bridgehead atoms. The fraction of sp³-hybridized carbons (Fsp3) is 0.222. The van der Waals surface area contributed by atoms with E-state index in [0.29, 0.717) is 6.42 Å². The van der Waals surface area contributed by atoms with Crippen LogP contribution in [-0.2, 0) is 0 Å². The molecule has 0 spiro atoms. The molecule has 0 aliphatic carbocycles. The highest BCUT2D eigenvalue weighted by Gasteiger charge is 2.07. The minimum atomic E-state index is -0.189. The molecule has 0 aliphatic heterocycles. The molecule has 13 heavy (non-hydrogen) atoms. The van der Waals surface area contributed by atoms with E-state index in [1.165, 1.54) is 0 Å². The standard InChI is InChI=1S/C9H9BrN2.ClH/c10-8-4-2-1-3-7(8)9(12)5-6-11;/h1-4,9H,5,12H2;1H/t9-;/m0./s1. The predicted molar refractivity (Wildman–Crippen MR) is 58.5 cm³/mol. The van der Waals surface area contributed by atoms with E-state index in [0.717, 1.165) is 10.0 Å². The Hall–Kier alpha value is -0.560. The van der Waals surface area contributed by atoms with Gasteiger partial charge in [-0.1, -0.05) is 34.1 Å². The third kappa shape index (κ3) is 3.35. The molecule has 2 nitrogen and oxygen atoms in total. The number of nitriles is 1. The van der Waals surface area contributed by atoms with E-state index < -0.39 is 0 Å². The third-order valence-electron chi connectivity index (χ3n) is 1.62. The monoisotopic (exact) mass is 260 g/mol. The van der Waals surface area contributed by atoms with Crippen molar-refractivity contribution < 1.29 is 0 Å². The van der Waals surface area contributed by atoms with Crippen LogP contribution in [0.2, 0.25) is 0 Å². The molecular formula is C9H10BrClN2. The van der Waals surface area contributed by atoms with Crippen LogP contribution in [0.5, 0.6) is 0 Å². The number of rotatable bonds is 2. The van der Waals surface area contributed by atoms with Gasteiger partial charge in [-0.3, -0.25) is 0 Å². The van der Waals surface area contributed by atoms with E-state index >= 15 is 0 Å². The van der Waals surface area contributed by atoms with E-state index in [4.69, 9.17) is 11.0 Å². The highest BCUT2D eigenvalue weighted by molar-refractivity contribution is 9.10. The van der Waals surface area contributed by atoms with Gasteiger partial charge in [-0.25, -0.2) is 0 Å². The molecule has 4 heteroatoms. The van der Waals surface area contributed by atoms with Gasteiger partial charge in [-0.2, -0.15) is 5.26 Å². The van der Waals surface area contributed by atoms with Crippen LogP contribution in [-0.4, -0.2) is 0 Å². The summed E-state index contributed by atoms with van der Waals surface area (Å²) in [5.74, 6) is 0. The highest BCUT2D eigenvalue weighted by atomic mass is 79.9. The molecule has 1 aromatic rings. The molecule has 0 heterocycles. The first kappa shape index (κ1) is 12.4. The lowest BCUT2D eigenvalue weighted by Gasteiger charge is -2.08. The van der Waals surface area contributed by atoms with Crippen LogP contribution >= 0.6 is 28.3 Å². The summed E-state index contributed by atoms with van der Waals surface area (Å²) in [6.07, 6.45) is 0.350. The van der Waals surface area contributed by atoms with Crippen molar-refractivity contribution in [2.45, 2.75) is 12.5 Å². The van der Waals surface area contributed by atoms with Gasteiger partial charge in [0.1, 0.15) is 0 Å². The molecule has 0 fully saturated rings. The first-order chi connectivity index (χ1) is 5.75. The second kappa shape index (κ2) is 5.98. The smallest absolute Gasteiger partial charge is 0.0641 e. The van der Waals surface area contributed by atoms with Crippen LogP contribution in [0.15, 0.2) is 28.7 Å². The summed E-state index contributed by atoms with van der Waals surface area (Å²) in [6.45, 7) is 0. The molecule has 2 N–H and O–H groups in total. The van der Waals surface area contributed by atoms with Crippen molar-refractivity contribution in [3.8, 4) is 6.07 Å². The van der Waals surface area contributed by atoms with Gasteiger partial charge in [0.2, 0.25) is 0 Å². The molecule has 0 aromatic heterocycles. The molecule has 0 radical (unpaired) electrons. The fourth-order valence-electron chi connectivity index (χ4n) is 0.984. The summed E-state index contributed by atoms with van der Waals surface area (Å²) in [6, 6.07) is 9.54. The summed E-state index contributed by atoms with van der Waals surface area (Å²) >= 11 is 3.38. The largest absolute Gasteiger partial charge is 0.323 e. The number of nitrogens with two attached hydrogens (primary N) is 1. The fourth-order valence-corrected chi connectivity index (χ4v) is 1.56. The van der Waals surface area contributed by atoms with Crippen LogP contribution in [0.4, 0.5) is 0 Å². The normalized spacial score (nSPS) is 11.2. The Labute approximate surface area is 92.3 Å². The molecule has 1 aromatic carbocycles. The van der Waals surface area contributed by atoms with Gasteiger partial charge in [-0.15, -0.1) is 12.4 Å². The third-order valence-corrected chi connectivity index (χ3v) is 2.34. The van der Waals surface area contributed by atoms with Crippen LogP contribution in [0.1, 0.15) is 18.0 Å². The number of nitrogens with zero attached hydrogens (tertiary/aromatic N) is 1. The Kier molecular flexibility index (Phi) is 5.72. The highest BCUT2D eigenvalue weighted by Crippen LogP contribution is 2.22. The summed E-state index contributed by atoms with van der Waals surface area (Å²) in [7, 11) is 0. The quantitative estimate of drug-likeness (QED) is 0.890. The number of benzene rings is 1. The first-order valence-corrected chi connectivity index (χ1v) is 4.42. The van der Waals surface area contributed by atoms with Crippen molar-refractivity contribution in [1.82, 2.24) is 0 Å². The van der Waals surface area contributed by atoms with E-state index in [-0.39, 0.29) is 18.4 Å². The Morgan fingerprint density at radius 3 is 2.62 bits per heavy atom. The summed E-state index contributed by atoms with van der Waals surface area (Å²) in [5.41, 5.74) is 6.74. The van der Waals surface area contributed by atoms with Gasteiger partial charge in [0.25, 0.3) is 0 Å². The van der Waals surface area contributed by atoms with Crippen molar-refractivity contribution in [2.24, 2.45) is 5.73 Å². The van der Waals surface area contributed by atoms with Crippen LogP contribution in [0, 0.1) is 11.3 Å². The van der Waals surface area contributed by atoms with E-state index in [2.05, 4.69) is 15.9 Å². The zero-order valence-corrected chi connectivity index (χ0v) is 9.31. The second-order valence-corrected chi connectivity index (χ2v) is 3.34. The lowest BCUT2D eigenvalue weighted by molar-refractivity contribution is 0.745. The molecule has 0 saturated heterocycles. The topological polar surface area (TPSA) is 49.8 Å². The van der Waals surface area contributed by atoms with Gasteiger partial charge in [-0.05, 0) is 11.6 Å². The average molecular weight is 262 g/mol.